The molecule has 3 rings (SSSR count). The van der Waals surface area contributed by atoms with E-state index in [2.05, 4.69) is 9.89 Å². The minimum atomic E-state index is -0.966. The standard InChI is InChI=1S/C15H20N2O2/c1-19-13-8-6-12(7-9-13)15(18)11-16-14-5-3-2-4-10-17(14)15/h6-9,18H,2-5,10-11H2,1H3/t15-/m0/s1. The van der Waals surface area contributed by atoms with Crippen LogP contribution in [-0.2, 0) is 5.72 Å². The molecule has 1 atom stereocenters. The molecule has 0 saturated carbocycles. The predicted octanol–water partition coefficient (Wildman–Crippen LogP) is 2.13. The summed E-state index contributed by atoms with van der Waals surface area (Å²) in [6, 6.07) is 7.65. The second kappa shape index (κ2) is 4.85. The monoisotopic (exact) mass is 260 g/mol. The Morgan fingerprint density at radius 3 is 2.74 bits per heavy atom. The lowest BCUT2D eigenvalue weighted by Crippen LogP contribution is -2.46. The van der Waals surface area contributed by atoms with E-state index in [0.717, 1.165) is 36.5 Å². The Labute approximate surface area is 113 Å². The highest BCUT2D eigenvalue weighted by Crippen LogP contribution is 2.35. The SMILES string of the molecule is COc1ccc([C@@]2(O)CN=C3CCCCCN32)cc1. The lowest BCUT2D eigenvalue weighted by atomic mass is 10.0. The average Bonchev–Trinajstić information content (AvgIpc) is 2.65. The summed E-state index contributed by atoms with van der Waals surface area (Å²) in [4.78, 5) is 6.64. The van der Waals surface area contributed by atoms with Gasteiger partial charge in [0.2, 0.25) is 0 Å². The number of methoxy groups -OCH3 is 1. The number of benzene rings is 1. The van der Waals surface area contributed by atoms with Crippen molar-refractivity contribution in [2.75, 3.05) is 20.2 Å². The molecule has 1 fully saturated rings. The normalized spacial score (nSPS) is 26.6. The van der Waals surface area contributed by atoms with E-state index >= 15 is 0 Å². The number of ether oxygens (including phenoxy) is 1. The topological polar surface area (TPSA) is 45.1 Å². The van der Waals surface area contributed by atoms with Gasteiger partial charge >= 0.3 is 0 Å². The fraction of sp³-hybridized carbons (Fsp3) is 0.533. The molecular formula is C15H20N2O2. The van der Waals surface area contributed by atoms with E-state index in [1.165, 1.54) is 12.8 Å². The molecule has 1 N–H and O–H groups in total. The third-order valence-corrected chi connectivity index (χ3v) is 4.07. The van der Waals surface area contributed by atoms with Crippen molar-refractivity contribution < 1.29 is 9.84 Å². The van der Waals surface area contributed by atoms with Crippen molar-refractivity contribution >= 4 is 5.84 Å². The van der Waals surface area contributed by atoms with Crippen molar-refractivity contribution in [2.24, 2.45) is 4.99 Å². The van der Waals surface area contributed by atoms with E-state index in [4.69, 9.17) is 4.74 Å². The predicted molar refractivity (Wildman–Crippen MR) is 74.4 cm³/mol. The Bertz CT molecular complexity index is 483. The molecule has 1 aromatic rings. The first-order chi connectivity index (χ1) is 9.24. The molecule has 2 aliphatic heterocycles. The maximum atomic E-state index is 11.0. The first kappa shape index (κ1) is 12.5. The highest BCUT2D eigenvalue weighted by Gasteiger charge is 2.42. The van der Waals surface area contributed by atoms with E-state index in [-0.39, 0.29) is 0 Å². The smallest absolute Gasteiger partial charge is 0.185 e. The van der Waals surface area contributed by atoms with Gasteiger partial charge in [-0.05, 0) is 25.0 Å². The van der Waals surface area contributed by atoms with Gasteiger partial charge in [0.15, 0.2) is 5.72 Å². The summed E-state index contributed by atoms with van der Waals surface area (Å²) < 4.78 is 5.17. The van der Waals surface area contributed by atoms with Gasteiger partial charge in [-0.2, -0.15) is 0 Å². The van der Waals surface area contributed by atoms with Gasteiger partial charge in [0.25, 0.3) is 0 Å². The number of nitrogens with zero attached hydrogens (tertiary/aromatic N) is 2. The highest BCUT2D eigenvalue weighted by molar-refractivity contribution is 5.85. The Kier molecular flexibility index (Phi) is 3.19. The van der Waals surface area contributed by atoms with Crippen molar-refractivity contribution in [1.29, 1.82) is 0 Å². The quantitative estimate of drug-likeness (QED) is 0.886. The Balaban J connectivity index is 1.90. The van der Waals surface area contributed by atoms with Crippen molar-refractivity contribution in [3.8, 4) is 5.75 Å². The van der Waals surface area contributed by atoms with E-state index in [9.17, 15) is 5.11 Å². The third kappa shape index (κ3) is 2.10. The van der Waals surface area contributed by atoms with E-state index in [1.54, 1.807) is 7.11 Å². The second-order valence-corrected chi connectivity index (χ2v) is 5.24. The molecule has 0 unspecified atom stereocenters. The number of fused-ring (bicyclic) bond motifs is 1. The van der Waals surface area contributed by atoms with Crippen LogP contribution in [0.3, 0.4) is 0 Å². The average molecular weight is 260 g/mol. The number of aliphatic imine (C=N–C) groups is 1. The molecule has 0 spiro atoms. The van der Waals surface area contributed by atoms with Crippen LogP contribution in [0.5, 0.6) is 5.75 Å². The lowest BCUT2D eigenvalue weighted by Gasteiger charge is -2.35. The van der Waals surface area contributed by atoms with E-state index in [1.807, 2.05) is 24.3 Å². The minimum Gasteiger partial charge on any atom is -0.497 e. The Hall–Kier alpha value is -1.55. The Morgan fingerprint density at radius 1 is 1.21 bits per heavy atom. The largest absolute Gasteiger partial charge is 0.497 e. The summed E-state index contributed by atoms with van der Waals surface area (Å²) in [7, 11) is 1.65. The van der Waals surface area contributed by atoms with Crippen LogP contribution < -0.4 is 4.74 Å². The van der Waals surface area contributed by atoms with Gasteiger partial charge in [0.05, 0.1) is 13.7 Å². The molecule has 1 aromatic carbocycles. The number of hydrogen-bond acceptors (Lipinski definition) is 4. The lowest BCUT2D eigenvalue weighted by molar-refractivity contribution is -0.0557. The molecule has 102 valence electrons. The zero-order valence-corrected chi connectivity index (χ0v) is 11.3. The highest BCUT2D eigenvalue weighted by atomic mass is 16.5. The third-order valence-electron chi connectivity index (χ3n) is 4.07. The maximum absolute atomic E-state index is 11.0. The number of hydrogen-bond donors (Lipinski definition) is 1. The summed E-state index contributed by atoms with van der Waals surface area (Å²) in [5.74, 6) is 1.87. The molecular weight excluding hydrogens is 240 g/mol. The van der Waals surface area contributed by atoms with Crippen LogP contribution >= 0.6 is 0 Å². The second-order valence-electron chi connectivity index (χ2n) is 5.24. The van der Waals surface area contributed by atoms with Crippen LogP contribution in [0.1, 0.15) is 31.2 Å². The molecule has 0 aromatic heterocycles. The van der Waals surface area contributed by atoms with Gasteiger partial charge in [-0.3, -0.25) is 4.99 Å². The van der Waals surface area contributed by atoms with Crippen molar-refractivity contribution in [3.63, 3.8) is 0 Å². The van der Waals surface area contributed by atoms with E-state index < -0.39 is 5.72 Å². The molecule has 19 heavy (non-hydrogen) atoms. The van der Waals surface area contributed by atoms with Gasteiger partial charge < -0.3 is 14.7 Å². The molecule has 4 nitrogen and oxygen atoms in total. The number of rotatable bonds is 2. The number of aliphatic hydroxyl groups is 1. The van der Waals surface area contributed by atoms with Crippen LogP contribution in [0.4, 0.5) is 0 Å². The summed E-state index contributed by atoms with van der Waals surface area (Å²) >= 11 is 0. The van der Waals surface area contributed by atoms with Crippen molar-refractivity contribution in [3.05, 3.63) is 29.8 Å². The van der Waals surface area contributed by atoms with Crippen molar-refractivity contribution in [2.45, 2.75) is 31.4 Å². The number of amidine groups is 1. The molecule has 4 heteroatoms. The van der Waals surface area contributed by atoms with Gasteiger partial charge in [-0.1, -0.05) is 18.6 Å². The first-order valence-corrected chi connectivity index (χ1v) is 6.92. The van der Waals surface area contributed by atoms with Crippen molar-refractivity contribution in [1.82, 2.24) is 4.90 Å². The fourth-order valence-electron chi connectivity index (χ4n) is 2.95. The molecule has 0 radical (unpaired) electrons. The fourth-order valence-corrected chi connectivity index (χ4v) is 2.95. The zero-order chi connectivity index (χ0) is 13.3. The van der Waals surface area contributed by atoms with Crippen LogP contribution in [0.15, 0.2) is 29.3 Å². The van der Waals surface area contributed by atoms with Crippen LogP contribution in [0, 0.1) is 0 Å². The maximum Gasteiger partial charge on any atom is 0.185 e. The molecule has 0 aliphatic carbocycles. The van der Waals surface area contributed by atoms with Crippen LogP contribution in [-0.4, -0.2) is 36.0 Å². The van der Waals surface area contributed by atoms with Gasteiger partial charge in [-0.25, -0.2) is 0 Å². The molecule has 0 bridgehead atoms. The summed E-state index contributed by atoms with van der Waals surface area (Å²) in [6.07, 6.45) is 4.50. The molecule has 2 heterocycles. The zero-order valence-electron chi connectivity index (χ0n) is 11.3. The summed E-state index contributed by atoms with van der Waals surface area (Å²) in [5, 5.41) is 11.0. The summed E-state index contributed by atoms with van der Waals surface area (Å²) in [6.45, 7) is 1.33. The molecule has 1 saturated heterocycles. The minimum absolute atomic E-state index is 0.439. The van der Waals surface area contributed by atoms with E-state index in [0.29, 0.717) is 6.54 Å². The molecule has 2 aliphatic rings. The van der Waals surface area contributed by atoms with Crippen LogP contribution in [0.25, 0.3) is 0 Å². The Morgan fingerprint density at radius 2 is 2.00 bits per heavy atom. The molecule has 0 amide bonds. The van der Waals surface area contributed by atoms with Gasteiger partial charge in [0, 0.05) is 18.5 Å². The van der Waals surface area contributed by atoms with Gasteiger partial charge in [-0.15, -0.1) is 0 Å². The van der Waals surface area contributed by atoms with Crippen LogP contribution in [0.2, 0.25) is 0 Å². The summed E-state index contributed by atoms with van der Waals surface area (Å²) in [5.41, 5.74) is -0.0691. The first-order valence-electron chi connectivity index (χ1n) is 6.92. The van der Waals surface area contributed by atoms with Gasteiger partial charge in [0.1, 0.15) is 11.6 Å².